The lowest BCUT2D eigenvalue weighted by molar-refractivity contribution is 0.202. The third-order valence-electron chi connectivity index (χ3n) is 2.77. The molecule has 0 spiro atoms. The molecule has 0 saturated carbocycles. The number of hydrogen-bond donors (Lipinski definition) is 3. The Labute approximate surface area is 122 Å². The van der Waals surface area contributed by atoms with Gasteiger partial charge < -0.3 is 14.8 Å². The number of hydrogen-bond acceptors (Lipinski definition) is 8. The Hall–Kier alpha value is -2.45. The zero-order chi connectivity index (χ0) is 15.1. The summed E-state index contributed by atoms with van der Waals surface area (Å²) in [4.78, 5) is 12.2. The zero-order valence-electron chi connectivity index (χ0n) is 12.0. The van der Waals surface area contributed by atoms with Gasteiger partial charge in [0, 0.05) is 12.8 Å². The number of nitrogens with one attached hydrogen (secondary N) is 2. The van der Waals surface area contributed by atoms with E-state index in [4.69, 9.17) is 15.3 Å². The van der Waals surface area contributed by atoms with Crippen LogP contribution in [0.4, 0.5) is 17.6 Å². The second-order valence-electron chi connectivity index (χ2n) is 4.14. The van der Waals surface area contributed by atoms with Gasteiger partial charge in [-0.2, -0.15) is 15.0 Å². The van der Waals surface area contributed by atoms with Crippen molar-refractivity contribution in [3.63, 3.8) is 0 Å². The van der Waals surface area contributed by atoms with Gasteiger partial charge in [-0.25, -0.2) is 5.84 Å². The Bertz CT molecular complexity index is 570. The maximum Gasteiger partial charge on any atom is 0.322 e. The number of nitrogens with two attached hydrogens (primary N) is 1. The highest BCUT2D eigenvalue weighted by atomic mass is 16.5. The van der Waals surface area contributed by atoms with Crippen LogP contribution in [0.15, 0.2) is 24.3 Å². The fourth-order valence-corrected chi connectivity index (χ4v) is 1.76. The second kappa shape index (κ2) is 7.36. The monoisotopic (exact) mass is 290 g/mol. The number of anilines is 3. The highest BCUT2D eigenvalue weighted by molar-refractivity contribution is 5.59. The van der Waals surface area contributed by atoms with E-state index in [1.807, 2.05) is 24.3 Å². The molecule has 2 rings (SSSR count). The number of methoxy groups -OCH3 is 2. The van der Waals surface area contributed by atoms with E-state index >= 15 is 0 Å². The number of nitrogens with zero attached hydrogens (tertiary/aromatic N) is 3. The van der Waals surface area contributed by atoms with Crippen molar-refractivity contribution < 1.29 is 9.47 Å². The molecule has 112 valence electrons. The van der Waals surface area contributed by atoms with E-state index < -0.39 is 0 Å². The van der Waals surface area contributed by atoms with Gasteiger partial charge in [-0.3, -0.25) is 5.43 Å². The summed E-state index contributed by atoms with van der Waals surface area (Å²) < 4.78 is 10.1. The first-order valence-corrected chi connectivity index (χ1v) is 6.37. The van der Waals surface area contributed by atoms with Crippen LogP contribution < -0.4 is 21.3 Å². The summed E-state index contributed by atoms with van der Waals surface area (Å²) in [6, 6.07) is 8.03. The fraction of sp³-hybridized carbons (Fsp3) is 0.308. The normalized spacial score (nSPS) is 10.2. The number of rotatable bonds is 7. The molecule has 4 N–H and O–H groups in total. The van der Waals surface area contributed by atoms with E-state index in [9.17, 15) is 0 Å². The largest absolute Gasteiger partial charge is 0.467 e. The predicted molar refractivity (Wildman–Crippen MR) is 79.5 cm³/mol. The van der Waals surface area contributed by atoms with E-state index in [1.165, 1.54) is 7.11 Å². The van der Waals surface area contributed by atoms with Crippen LogP contribution in [-0.2, 0) is 11.2 Å². The maximum atomic E-state index is 5.33. The summed E-state index contributed by atoms with van der Waals surface area (Å²) in [7, 11) is 3.15. The van der Waals surface area contributed by atoms with Crippen LogP contribution in [0.1, 0.15) is 5.56 Å². The number of hydrazine groups is 1. The number of ether oxygens (including phenoxy) is 2. The third-order valence-corrected chi connectivity index (χ3v) is 2.77. The molecule has 0 bridgehead atoms. The minimum Gasteiger partial charge on any atom is -0.467 e. The van der Waals surface area contributed by atoms with Crippen LogP contribution >= 0.6 is 0 Å². The van der Waals surface area contributed by atoms with Crippen molar-refractivity contribution in [2.45, 2.75) is 6.42 Å². The number of nitrogen functional groups attached to an aromatic ring is 1. The molecule has 1 aromatic carbocycles. The Morgan fingerprint density at radius 3 is 2.57 bits per heavy atom. The summed E-state index contributed by atoms with van der Waals surface area (Å²) in [6.45, 7) is 0.634. The van der Waals surface area contributed by atoms with E-state index in [2.05, 4.69) is 25.7 Å². The summed E-state index contributed by atoms with van der Waals surface area (Å²) in [5.74, 6) is 5.90. The highest BCUT2D eigenvalue weighted by Gasteiger charge is 2.08. The molecule has 0 amide bonds. The summed E-state index contributed by atoms with van der Waals surface area (Å²) >= 11 is 0. The zero-order valence-corrected chi connectivity index (χ0v) is 12.0. The van der Waals surface area contributed by atoms with Gasteiger partial charge in [0.2, 0.25) is 11.9 Å². The average molecular weight is 290 g/mol. The second-order valence-corrected chi connectivity index (χ2v) is 4.14. The Morgan fingerprint density at radius 1 is 1.10 bits per heavy atom. The maximum absolute atomic E-state index is 5.33. The lowest BCUT2D eigenvalue weighted by Gasteiger charge is -2.11. The third kappa shape index (κ3) is 4.01. The molecule has 0 saturated heterocycles. The molecule has 21 heavy (non-hydrogen) atoms. The van der Waals surface area contributed by atoms with Gasteiger partial charge in [-0.1, -0.05) is 18.2 Å². The first-order chi connectivity index (χ1) is 10.3. The van der Waals surface area contributed by atoms with E-state index in [0.717, 1.165) is 17.7 Å². The van der Waals surface area contributed by atoms with Crippen molar-refractivity contribution in [3.05, 3.63) is 29.8 Å². The van der Waals surface area contributed by atoms with Gasteiger partial charge in [-0.15, -0.1) is 0 Å². The van der Waals surface area contributed by atoms with Crippen LogP contribution in [0.25, 0.3) is 0 Å². The fourth-order valence-electron chi connectivity index (χ4n) is 1.76. The van der Waals surface area contributed by atoms with Crippen LogP contribution in [-0.4, -0.2) is 35.8 Å². The summed E-state index contributed by atoms with van der Waals surface area (Å²) in [6.07, 6.45) is 0.782. The summed E-state index contributed by atoms with van der Waals surface area (Å²) in [5, 5.41) is 3.14. The molecule has 2 aromatic rings. The summed E-state index contributed by atoms with van der Waals surface area (Å²) in [5.41, 5.74) is 4.37. The number of aromatic nitrogens is 3. The smallest absolute Gasteiger partial charge is 0.322 e. The standard InChI is InChI=1S/C13H18N6O2/c1-20-8-7-9-5-3-4-6-10(9)15-11-16-12(19-14)18-13(17-11)21-2/h3-6H,7-8,14H2,1-2H3,(H2,15,16,17,18,19). The Kier molecular flexibility index (Phi) is 5.24. The van der Waals surface area contributed by atoms with E-state index in [1.54, 1.807) is 7.11 Å². The minimum atomic E-state index is 0.176. The molecule has 0 aliphatic heterocycles. The first kappa shape index (κ1) is 14.9. The van der Waals surface area contributed by atoms with Gasteiger partial charge in [0.25, 0.3) is 0 Å². The minimum absolute atomic E-state index is 0.176. The van der Waals surface area contributed by atoms with Crippen molar-refractivity contribution in [1.82, 2.24) is 15.0 Å². The Morgan fingerprint density at radius 2 is 1.86 bits per heavy atom. The van der Waals surface area contributed by atoms with Crippen molar-refractivity contribution in [3.8, 4) is 6.01 Å². The lowest BCUT2D eigenvalue weighted by Crippen LogP contribution is -2.13. The molecule has 0 aliphatic carbocycles. The molecule has 0 fully saturated rings. The molecule has 0 radical (unpaired) electrons. The average Bonchev–Trinajstić information content (AvgIpc) is 2.53. The van der Waals surface area contributed by atoms with Gasteiger partial charge in [-0.05, 0) is 18.1 Å². The van der Waals surface area contributed by atoms with Crippen LogP contribution in [0.3, 0.4) is 0 Å². The molecule has 1 heterocycles. The van der Waals surface area contributed by atoms with Crippen molar-refractivity contribution >= 4 is 17.6 Å². The van der Waals surface area contributed by atoms with Gasteiger partial charge in [0.15, 0.2) is 0 Å². The molecule has 8 nitrogen and oxygen atoms in total. The topological polar surface area (TPSA) is 107 Å². The molecule has 0 unspecified atom stereocenters. The number of para-hydroxylation sites is 1. The lowest BCUT2D eigenvalue weighted by atomic mass is 10.1. The Balaban J connectivity index is 2.25. The van der Waals surface area contributed by atoms with Crippen LogP contribution in [0.5, 0.6) is 6.01 Å². The predicted octanol–water partition coefficient (Wildman–Crippen LogP) is 1.10. The molecule has 8 heteroatoms. The number of benzene rings is 1. The SMILES string of the molecule is COCCc1ccccc1Nc1nc(NN)nc(OC)n1. The molecular formula is C13H18N6O2. The van der Waals surface area contributed by atoms with Crippen molar-refractivity contribution in [2.24, 2.45) is 5.84 Å². The van der Waals surface area contributed by atoms with Crippen molar-refractivity contribution in [2.75, 3.05) is 31.6 Å². The van der Waals surface area contributed by atoms with Gasteiger partial charge in [0.1, 0.15) is 0 Å². The molecular weight excluding hydrogens is 272 g/mol. The van der Waals surface area contributed by atoms with Crippen LogP contribution in [0.2, 0.25) is 0 Å². The molecule has 1 aromatic heterocycles. The molecule has 0 atom stereocenters. The van der Waals surface area contributed by atoms with Gasteiger partial charge in [0.05, 0.1) is 13.7 Å². The van der Waals surface area contributed by atoms with Crippen molar-refractivity contribution in [1.29, 1.82) is 0 Å². The van der Waals surface area contributed by atoms with E-state index in [-0.39, 0.29) is 12.0 Å². The quantitative estimate of drug-likeness (QED) is 0.514. The molecule has 0 aliphatic rings. The van der Waals surface area contributed by atoms with Gasteiger partial charge >= 0.3 is 6.01 Å². The van der Waals surface area contributed by atoms with E-state index in [0.29, 0.717) is 12.6 Å². The first-order valence-electron chi connectivity index (χ1n) is 6.37. The van der Waals surface area contributed by atoms with Crippen LogP contribution in [0, 0.1) is 0 Å². The highest BCUT2D eigenvalue weighted by Crippen LogP contribution is 2.20.